The largest absolute Gasteiger partial charge is 0.462 e. The van der Waals surface area contributed by atoms with Crippen LogP contribution in [0.2, 0.25) is 0 Å². The highest BCUT2D eigenvalue weighted by molar-refractivity contribution is 5.71. The van der Waals surface area contributed by atoms with Crippen LogP contribution in [0.3, 0.4) is 0 Å². The molecule has 418 valence electrons. The number of hydrogen-bond acceptors (Lipinski definition) is 6. The lowest BCUT2D eigenvalue weighted by molar-refractivity contribution is -0.166. The van der Waals surface area contributed by atoms with Gasteiger partial charge in [-0.2, -0.15) is 0 Å². The van der Waals surface area contributed by atoms with Gasteiger partial charge in [0.05, 0.1) is 0 Å². The molecule has 0 rings (SSSR count). The predicted octanol–water partition coefficient (Wildman–Crippen LogP) is 20.3. The van der Waals surface area contributed by atoms with E-state index in [1.54, 1.807) is 0 Å². The topological polar surface area (TPSA) is 78.9 Å². The molecule has 0 aliphatic heterocycles. The van der Waals surface area contributed by atoms with E-state index in [0.29, 0.717) is 12.8 Å². The Kier molecular flexibility index (Phi) is 57.0. The molecule has 0 saturated carbocycles. The Labute approximate surface area is 460 Å². The van der Waals surface area contributed by atoms with Crippen LogP contribution >= 0.6 is 0 Å². The van der Waals surface area contributed by atoms with Gasteiger partial charge in [-0.1, -0.05) is 242 Å². The number of esters is 3. The van der Waals surface area contributed by atoms with Crippen molar-refractivity contribution in [3.05, 3.63) is 170 Å². The first-order chi connectivity index (χ1) is 37.0. The van der Waals surface area contributed by atoms with E-state index in [2.05, 4.69) is 179 Å². The summed E-state index contributed by atoms with van der Waals surface area (Å²) in [5.41, 5.74) is 0. The maximum atomic E-state index is 12.8. The van der Waals surface area contributed by atoms with Gasteiger partial charge in [-0.05, 0) is 135 Å². The van der Waals surface area contributed by atoms with Crippen molar-refractivity contribution < 1.29 is 28.6 Å². The zero-order valence-corrected chi connectivity index (χ0v) is 47.7. The van der Waals surface area contributed by atoms with Gasteiger partial charge in [0.2, 0.25) is 0 Å². The first kappa shape index (κ1) is 69.8. The van der Waals surface area contributed by atoms with Gasteiger partial charge in [0.15, 0.2) is 6.10 Å². The average Bonchev–Trinajstić information content (AvgIpc) is 3.41. The van der Waals surface area contributed by atoms with Gasteiger partial charge in [0.1, 0.15) is 13.2 Å². The highest BCUT2D eigenvalue weighted by Crippen LogP contribution is 2.13. The van der Waals surface area contributed by atoms with E-state index in [1.165, 1.54) is 19.3 Å². The minimum Gasteiger partial charge on any atom is -0.462 e. The maximum absolute atomic E-state index is 12.8. The molecular weight excluding hydrogens is 925 g/mol. The van der Waals surface area contributed by atoms with E-state index in [4.69, 9.17) is 14.2 Å². The van der Waals surface area contributed by atoms with Crippen LogP contribution in [0.15, 0.2) is 170 Å². The predicted molar refractivity (Wildman–Crippen MR) is 325 cm³/mol. The summed E-state index contributed by atoms with van der Waals surface area (Å²) >= 11 is 0. The van der Waals surface area contributed by atoms with Crippen LogP contribution in [0.5, 0.6) is 0 Å². The highest BCUT2D eigenvalue weighted by Gasteiger charge is 2.19. The highest BCUT2D eigenvalue weighted by atomic mass is 16.6. The lowest BCUT2D eigenvalue weighted by Gasteiger charge is -2.18. The van der Waals surface area contributed by atoms with Crippen molar-refractivity contribution >= 4 is 17.9 Å². The zero-order valence-electron chi connectivity index (χ0n) is 47.7. The van der Waals surface area contributed by atoms with Crippen molar-refractivity contribution in [2.75, 3.05) is 13.2 Å². The molecule has 0 amide bonds. The summed E-state index contributed by atoms with van der Waals surface area (Å²) in [6.45, 7) is 6.19. The molecule has 0 N–H and O–H groups in total. The van der Waals surface area contributed by atoms with Gasteiger partial charge >= 0.3 is 17.9 Å². The third-order valence-electron chi connectivity index (χ3n) is 11.7. The number of rotatable bonds is 51. The van der Waals surface area contributed by atoms with Crippen LogP contribution in [-0.2, 0) is 28.6 Å². The Morgan fingerprint density at radius 2 is 0.507 bits per heavy atom. The molecule has 0 aliphatic rings. The van der Waals surface area contributed by atoms with Crippen molar-refractivity contribution in [1.82, 2.24) is 0 Å². The van der Waals surface area contributed by atoms with Gasteiger partial charge in [0, 0.05) is 19.3 Å². The third kappa shape index (κ3) is 59.5. The lowest BCUT2D eigenvalue weighted by atomic mass is 10.1. The van der Waals surface area contributed by atoms with E-state index in [1.807, 2.05) is 12.2 Å². The third-order valence-corrected chi connectivity index (χ3v) is 11.7. The molecule has 1 unspecified atom stereocenters. The van der Waals surface area contributed by atoms with E-state index in [9.17, 15) is 14.4 Å². The van der Waals surface area contributed by atoms with E-state index < -0.39 is 6.10 Å². The second-order valence-electron chi connectivity index (χ2n) is 18.8. The molecule has 0 saturated heterocycles. The van der Waals surface area contributed by atoms with Gasteiger partial charge in [-0.15, -0.1) is 0 Å². The Morgan fingerprint density at radius 1 is 0.267 bits per heavy atom. The Hall–Kier alpha value is -5.23. The number of carbonyl (C=O) groups excluding carboxylic acids is 3. The Bertz CT molecular complexity index is 1750. The van der Waals surface area contributed by atoms with Gasteiger partial charge < -0.3 is 14.2 Å². The number of hydrogen-bond donors (Lipinski definition) is 0. The molecule has 0 aromatic heterocycles. The van der Waals surface area contributed by atoms with Crippen LogP contribution in [0.25, 0.3) is 0 Å². The standard InChI is InChI=1S/C69H106O6/c1-4-7-10-13-16-19-22-25-27-28-29-30-31-32-33-34-35-36-37-38-39-40-42-44-47-50-53-56-59-62-68(71)74-65-66(64-73-67(70)61-58-55-52-49-46-43-24-21-18-15-12-9-6-3)75-69(72)63-60-57-54-51-48-45-41-26-23-20-17-14-11-8-5-2/h7-12,16-21,25-27,29-30,32-33,35-36,38-39,41,43,46,52,55,66H,4-6,13-15,22-24,28,31,34,37,40,42,44-45,47-51,53-54,56-65H2,1-3H3/b10-7-,11-8-,12-9-,19-16-,20-17-,21-18-,27-25-,30-29-,33-32-,36-35-,39-38-,41-26-,46-43-,55-52-. The molecule has 0 aliphatic carbocycles. The van der Waals surface area contributed by atoms with Gasteiger partial charge in [-0.3, -0.25) is 14.4 Å². The first-order valence-corrected chi connectivity index (χ1v) is 29.6. The number of allylic oxidation sites excluding steroid dienone is 28. The Balaban J connectivity index is 4.41. The van der Waals surface area contributed by atoms with Crippen molar-refractivity contribution in [1.29, 1.82) is 0 Å². The van der Waals surface area contributed by atoms with E-state index in [-0.39, 0.29) is 44.0 Å². The van der Waals surface area contributed by atoms with Crippen molar-refractivity contribution in [2.45, 2.75) is 232 Å². The molecular formula is C69H106O6. The summed E-state index contributed by atoms with van der Waals surface area (Å²) in [5, 5.41) is 0. The molecule has 1 atom stereocenters. The summed E-state index contributed by atoms with van der Waals surface area (Å²) in [6.07, 6.45) is 90.8. The quantitative estimate of drug-likeness (QED) is 0.0261. The maximum Gasteiger partial charge on any atom is 0.306 e. The average molecular weight is 1030 g/mol. The van der Waals surface area contributed by atoms with Crippen LogP contribution in [-0.4, -0.2) is 37.2 Å². The van der Waals surface area contributed by atoms with E-state index >= 15 is 0 Å². The normalized spacial score (nSPS) is 13.4. The molecule has 0 heterocycles. The summed E-state index contributed by atoms with van der Waals surface area (Å²) in [5.74, 6) is -1.04. The van der Waals surface area contributed by atoms with Crippen molar-refractivity contribution in [2.24, 2.45) is 0 Å². The molecule has 6 nitrogen and oxygen atoms in total. The van der Waals surface area contributed by atoms with Crippen LogP contribution in [0, 0.1) is 0 Å². The van der Waals surface area contributed by atoms with E-state index in [0.717, 1.165) is 161 Å². The molecule has 6 heteroatoms. The lowest BCUT2D eigenvalue weighted by Crippen LogP contribution is -2.30. The van der Waals surface area contributed by atoms with Crippen LogP contribution in [0.1, 0.15) is 226 Å². The van der Waals surface area contributed by atoms with Crippen molar-refractivity contribution in [3.8, 4) is 0 Å². The number of ether oxygens (including phenoxy) is 3. The summed E-state index contributed by atoms with van der Waals surface area (Å²) in [7, 11) is 0. The minimum atomic E-state index is -0.830. The SMILES string of the molecule is CC/C=C\C/C=C\C/C=C\C/C=C\C/C=C\C/C=C\C/C=C\CCCCCCCCCC(=O)OCC(COC(=O)CC/C=C\C/C=C\C/C=C\C/C=C\CC)OC(=O)CCCCCCC/C=C\C/C=C\C/C=C\CC. The first-order valence-electron chi connectivity index (χ1n) is 29.6. The molecule has 0 aromatic rings. The van der Waals surface area contributed by atoms with Crippen LogP contribution < -0.4 is 0 Å². The van der Waals surface area contributed by atoms with Gasteiger partial charge in [-0.25, -0.2) is 0 Å². The molecule has 0 spiro atoms. The second-order valence-corrected chi connectivity index (χ2v) is 18.8. The zero-order chi connectivity index (χ0) is 54.3. The Morgan fingerprint density at radius 3 is 0.827 bits per heavy atom. The fourth-order valence-corrected chi connectivity index (χ4v) is 7.39. The van der Waals surface area contributed by atoms with Crippen LogP contribution in [0.4, 0.5) is 0 Å². The summed E-state index contributed by atoms with van der Waals surface area (Å²) < 4.78 is 16.8. The molecule has 0 fully saturated rings. The smallest absolute Gasteiger partial charge is 0.306 e. The number of unbranched alkanes of at least 4 members (excludes halogenated alkanes) is 12. The fraction of sp³-hybridized carbons (Fsp3) is 0.551. The molecule has 75 heavy (non-hydrogen) atoms. The van der Waals surface area contributed by atoms with Gasteiger partial charge in [0.25, 0.3) is 0 Å². The second kappa shape index (κ2) is 61.3. The molecule has 0 radical (unpaired) electrons. The minimum absolute atomic E-state index is 0.121. The fourth-order valence-electron chi connectivity index (χ4n) is 7.39. The van der Waals surface area contributed by atoms with Crippen molar-refractivity contribution in [3.63, 3.8) is 0 Å². The molecule has 0 bridgehead atoms. The number of carbonyl (C=O) groups is 3. The monoisotopic (exact) mass is 1030 g/mol. The summed E-state index contributed by atoms with van der Waals surface area (Å²) in [6, 6.07) is 0. The summed E-state index contributed by atoms with van der Waals surface area (Å²) in [4.78, 5) is 38.1. The molecule has 0 aromatic carbocycles.